The molecule has 0 atom stereocenters. The SMILES string of the molecule is Cc1nonc1NC(=O)CN(C)S(=O)(=O)c1cccnc1. The first-order valence-electron chi connectivity index (χ1n) is 5.86. The van der Waals surface area contributed by atoms with E-state index in [9.17, 15) is 13.2 Å². The van der Waals surface area contributed by atoms with E-state index >= 15 is 0 Å². The molecule has 2 aromatic rings. The Morgan fingerprint density at radius 2 is 2.19 bits per heavy atom. The smallest absolute Gasteiger partial charge is 0.244 e. The molecule has 0 aromatic carbocycles. The summed E-state index contributed by atoms with van der Waals surface area (Å²) in [5.41, 5.74) is 0.404. The molecule has 0 saturated carbocycles. The second kappa shape index (κ2) is 5.97. The Labute approximate surface area is 121 Å². The standard InChI is InChI=1S/C11H13N5O4S/c1-8-11(15-20-14-8)13-10(17)7-16(2)21(18,19)9-4-3-5-12-6-9/h3-6H,7H2,1-2H3,(H,13,15,17). The molecule has 0 radical (unpaired) electrons. The van der Waals surface area contributed by atoms with E-state index in [2.05, 4.69) is 25.2 Å². The number of carbonyl (C=O) groups excluding carboxylic acids is 1. The number of anilines is 1. The minimum Gasteiger partial charge on any atom is -0.305 e. The van der Waals surface area contributed by atoms with Crippen LogP contribution in [-0.4, -0.2) is 47.5 Å². The van der Waals surface area contributed by atoms with Gasteiger partial charge in [0.25, 0.3) is 0 Å². The maximum absolute atomic E-state index is 12.2. The van der Waals surface area contributed by atoms with Gasteiger partial charge in [-0.15, -0.1) is 0 Å². The third-order valence-corrected chi connectivity index (χ3v) is 4.41. The van der Waals surface area contributed by atoms with Crippen LogP contribution in [0.15, 0.2) is 34.1 Å². The zero-order valence-corrected chi connectivity index (χ0v) is 12.2. The van der Waals surface area contributed by atoms with E-state index in [1.807, 2.05) is 0 Å². The van der Waals surface area contributed by atoms with E-state index in [1.165, 1.54) is 31.6 Å². The highest BCUT2D eigenvalue weighted by Crippen LogP contribution is 2.12. The van der Waals surface area contributed by atoms with Crippen LogP contribution in [0.3, 0.4) is 0 Å². The molecule has 0 aliphatic carbocycles. The van der Waals surface area contributed by atoms with Gasteiger partial charge in [0.2, 0.25) is 15.9 Å². The van der Waals surface area contributed by atoms with Crippen LogP contribution in [0.5, 0.6) is 0 Å². The molecule has 0 saturated heterocycles. The summed E-state index contributed by atoms with van der Waals surface area (Å²) in [6.07, 6.45) is 2.68. The summed E-state index contributed by atoms with van der Waals surface area (Å²) in [4.78, 5) is 15.6. The van der Waals surface area contributed by atoms with Crippen LogP contribution in [-0.2, 0) is 14.8 Å². The first kappa shape index (κ1) is 15.1. The molecule has 0 aliphatic heterocycles. The second-order valence-electron chi connectivity index (χ2n) is 4.20. The van der Waals surface area contributed by atoms with Crippen LogP contribution in [0, 0.1) is 6.92 Å². The number of amides is 1. The number of nitrogens with zero attached hydrogens (tertiary/aromatic N) is 4. The van der Waals surface area contributed by atoms with Gasteiger partial charge in [0.1, 0.15) is 10.6 Å². The molecule has 2 heterocycles. The Bertz CT molecular complexity index is 728. The molecule has 2 rings (SSSR count). The molecule has 0 aliphatic rings. The topological polar surface area (TPSA) is 118 Å². The highest BCUT2D eigenvalue weighted by Gasteiger charge is 2.23. The fraction of sp³-hybridized carbons (Fsp3) is 0.273. The summed E-state index contributed by atoms with van der Waals surface area (Å²) < 4.78 is 29.7. The van der Waals surface area contributed by atoms with Crippen LogP contribution in [0.25, 0.3) is 0 Å². The molecule has 1 N–H and O–H groups in total. The van der Waals surface area contributed by atoms with Gasteiger partial charge in [0.15, 0.2) is 5.82 Å². The molecule has 1 amide bonds. The first-order valence-corrected chi connectivity index (χ1v) is 7.30. The van der Waals surface area contributed by atoms with Crippen molar-refractivity contribution in [2.24, 2.45) is 0 Å². The van der Waals surface area contributed by atoms with Gasteiger partial charge in [0.05, 0.1) is 6.54 Å². The van der Waals surface area contributed by atoms with Crippen LogP contribution in [0.2, 0.25) is 0 Å². The molecule has 21 heavy (non-hydrogen) atoms. The summed E-state index contributed by atoms with van der Waals surface area (Å²) in [7, 11) is -2.47. The first-order chi connectivity index (χ1) is 9.91. The Morgan fingerprint density at radius 1 is 1.43 bits per heavy atom. The Hall–Kier alpha value is -2.33. The van der Waals surface area contributed by atoms with Gasteiger partial charge >= 0.3 is 0 Å². The summed E-state index contributed by atoms with van der Waals surface area (Å²) >= 11 is 0. The van der Waals surface area contributed by atoms with Crippen molar-refractivity contribution < 1.29 is 17.8 Å². The summed E-state index contributed by atoms with van der Waals surface area (Å²) in [5, 5.41) is 9.41. The number of aromatic nitrogens is 3. The van der Waals surface area contributed by atoms with Gasteiger partial charge in [-0.1, -0.05) is 5.16 Å². The Morgan fingerprint density at radius 3 is 2.76 bits per heavy atom. The van der Waals surface area contributed by atoms with Gasteiger partial charge in [-0.3, -0.25) is 9.78 Å². The van der Waals surface area contributed by atoms with E-state index in [0.717, 1.165) is 4.31 Å². The van der Waals surface area contributed by atoms with E-state index in [0.29, 0.717) is 5.69 Å². The number of likely N-dealkylation sites (N-methyl/N-ethyl adjacent to an activating group) is 1. The maximum atomic E-state index is 12.2. The third kappa shape index (κ3) is 3.41. The number of nitrogens with one attached hydrogen (secondary N) is 1. The van der Waals surface area contributed by atoms with E-state index < -0.39 is 15.9 Å². The van der Waals surface area contributed by atoms with Gasteiger partial charge < -0.3 is 5.32 Å². The van der Waals surface area contributed by atoms with E-state index in [4.69, 9.17) is 0 Å². The van der Waals surface area contributed by atoms with Crippen molar-refractivity contribution in [3.05, 3.63) is 30.2 Å². The number of pyridine rings is 1. The largest absolute Gasteiger partial charge is 0.305 e. The lowest BCUT2D eigenvalue weighted by Crippen LogP contribution is -2.35. The minimum absolute atomic E-state index is 0.0135. The van der Waals surface area contributed by atoms with Crippen LogP contribution in [0.4, 0.5) is 5.82 Å². The van der Waals surface area contributed by atoms with E-state index in [1.54, 1.807) is 6.92 Å². The normalized spacial score (nSPS) is 11.6. The molecule has 2 aromatic heterocycles. The minimum atomic E-state index is -3.77. The fourth-order valence-corrected chi connectivity index (χ4v) is 2.58. The van der Waals surface area contributed by atoms with Gasteiger partial charge in [0, 0.05) is 19.4 Å². The monoisotopic (exact) mass is 311 g/mol. The van der Waals surface area contributed by atoms with Gasteiger partial charge in [-0.2, -0.15) is 4.31 Å². The van der Waals surface area contributed by atoms with Crippen LogP contribution < -0.4 is 5.32 Å². The quantitative estimate of drug-likeness (QED) is 0.827. The average Bonchev–Trinajstić information content (AvgIpc) is 2.85. The number of hydrogen-bond acceptors (Lipinski definition) is 7. The van der Waals surface area contributed by atoms with Crippen molar-refractivity contribution >= 4 is 21.7 Å². The number of hydrogen-bond donors (Lipinski definition) is 1. The predicted octanol–water partition coefficient (Wildman–Crippen LogP) is 0.0322. The molecular formula is C11H13N5O4S. The average molecular weight is 311 g/mol. The molecule has 0 spiro atoms. The molecule has 10 heteroatoms. The maximum Gasteiger partial charge on any atom is 0.244 e. The van der Waals surface area contributed by atoms with E-state index in [-0.39, 0.29) is 17.3 Å². The van der Waals surface area contributed by atoms with Crippen molar-refractivity contribution in [3.63, 3.8) is 0 Å². The molecule has 112 valence electrons. The lowest BCUT2D eigenvalue weighted by atomic mass is 10.4. The zero-order chi connectivity index (χ0) is 15.5. The number of carbonyl (C=O) groups is 1. The lowest BCUT2D eigenvalue weighted by Gasteiger charge is -2.16. The van der Waals surface area contributed by atoms with Crippen molar-refractivity contribution in [2.75, 3.05) is 18.9 Å². The second-order valence-corrected chi connectivity index (χ2v) is 6.24. The fourth-order valence-electron chi connectivity index (χ4n) is 1.48. The highest BCUT2D eigenvalue weighted by molar-refractivity contribution is 7.89. The number of aryl methyl sites for hydroxylation is 1. The molecule has 0 bridgehead atoms. The summed E-state index contributed by atoms with van der Waals surface area (Å²) in [5.74, 6) is -0.393. The molecule has 0 fully saturated rings. The Kier molecular flexibility index (Phi) is 4.29. The third-order valence-electron chi connectivity index (χ3n) is 2.62. The number of rotatable bonds is 5. The van der Waals surface area contributed by atoms with Crippen LogP contribution in [0.1, 0.15) is 5.69 Å². The number of sulfonamides is 1. The van der Waals surface area contributed by atoms with Crippen molar-refractivity contribution in [2.45, 2.75) is 11.8 Å². The molecule has 9 nitrogen and oxygen atoms in total. The predicted molar refractivity (Wildman–Crippen MR) is 71.7 cm³/mol. The lowest BCUT2D eigenvalue weighted by molar-refractivity contribution is -0.116. The van der Waals surface area contributed by atoms with Gasteiger partial charge in [-0.25, -0.2) is 13.0 Å². The molecular weight excluding hydrogens is 298 g/mol. The molecule has 0 unspecified atom stereocenters. The summed E-state index contributed by atoms with van der Waals surface area (Å²) in [6.45, 7) is 1.23. The zero-order valence-electron chi connectivity index (χ0n) is 11.3. The van der Waals surface area contributed by atoms with Crippen molar-refractivity contribution in [1.82, 2.24) is 19.6 Å². The van der Waals surface area contributed by atoms with Gasteiger partial charge in [-0.05, 0) is 24.2 Å². The highest BCUT2D eigenvalue weighted by atomic mass is 32.2. The van der Waals surface area contributed by atoms with Crippen molar-refractivity contribution in [3.8, 4) is 0 Å². The van der Waals surface area contributed by atoms with Crippen molar-refractivity contribution in [1.29, 1.82) is 0 Å². The van der Waals surface area contributed by atoms with Crippen LogP contribution >= 0.6 is 0 Å². The Balaban J connectivity index is 2.06. The summed E-state index contributed by atoms with van der Waals surface area (Å²) in [6, 6.07) is 2.91.